The number of nitrogens with zero attached hydrogens (tertiary/aromatic N) is 1. The molecular formula is C14H23N3O3S. The van der Waals surface area contributed by atoms with Crippen LogP contribution >= 0.6 is 0 Å². The summed E-state index contributed by atoms with van der Waals surface area (Å²) in [5.41, 5.74) is 0. The van der Waals surface area contributed by atoms with Crippen molar-refractivity contribution in [3.05, 3.63) is 30.3 Å². The molecule has 1 rings (SSSR count). The minimum Gasteiger partial charge on any atom is -0.355 e. The molecule has 21 heavy (non-hydrogen) atoms. The average Bonchev–Trinajstić information content (AvgIpc) is 2.47. The Hall–Kier alpha value is -1.44. The maximum Gasteiger partial charge on any atom is 0.240 e. The van der Waals surface area contributed by atoms with Crippen LogP contribution in [0.2, 0.25) is 0 Å². The summed E-state index contributed by atoms with van der Waals surface area (Å²) >= 11 is 0. The predicted molar refractivity (Wildman–Crippen MR) is 82.4 cm³/mol. The molecule has 118 valence electrons. The zero-order valence-corrected chi connectivity index (χ0v) is 13.3. The van der Waals surface area contributed by atoms with Crippen LogP contribution < -0.4 is 10.0 Å². The van der Waals surface area contributed by atoms with Gasteiger partial charge < -0.3 is 5.32 Å². The summed E-state index contributed by atoms with van der Waals surface area (Å²) in [6.07, 6.45) is 0. The first-order valence-corrected chi connectivity index (χ1v) is 8.51. The number of rotatable bonds is 9. The Morgan fingerprint density at radius 3 is 2.43 bits per heavy atom. The molecule has 0 bridgehead atoms. The molecule has 6 nitrogen and oxygen atoms in total. The number of sulfonamides is 1. The molecule has 0 radical (unpaired) electrons. The second-order valence-electron chi connectivity index (χ2n) is 4.53. The summed E-state index contributed by atoms with van der Waals surface area (Å²) in [5, 5.41) is 2.72. The molecule has 0 heterocycles. The lowest BCUT2D eigenvalue weighted by atomic mass is 10.4. The number of carbonyl (C=O) groups is 1. The Morgan fingerprint density at radius 2 is 1.86 bits per heavy atom. The molecule has 0 atom stereocenters. The van der Waals surface area contributed by atoms with Gasteiger partial charge in [0.25, 0.3) is 0 Å². The van der Waals surface area contributed by atoms with Gasteiger partial charge >= 0.3 is 0 Å². The van der Waals surface area contributed by atoms with Crippen LogP contribution in [-0.2, 0) is 14.8 Å². The van der Waals surface area contributed by atoms with Crippen molar-refractivity contribution in [2.24, 2.45) is 0 Å². The third-order valence-corrected chi connectivity index (χ3v) is 4.44. The molecule has 0 aliphatic rings. The molecule has 7 heteroatoms. The number of nitrogens with one attached hydrogen (secondary N) is 2. The molecule has 0 spiro atoms. The summed E-state index contributed by atoms with van der Waals surface area (Å²) in [5.74, 6) is -0.0507. The third kappa shape index (κ3) is 6.24. The SMILES string of the molecule is CCNC(=O)CN(CC)CCNS(=O)(=O)c1ccccc1. The van der Waals surface area contributed by atoms with Gasteiger partial charge in [-0.15, -0.1) is 0 Å². The smallest absolute Gasteiger partial charge is 0.240 e. The molecule has 1 aromatic carbocycles. The van der Waals surface area contributed by atoms with Gasteiger partial charge in [-0.3, -0.25) is 9.69 Å². The zero-order chi connectivity index (χ0) is 15.7. The van der Waals surface area contributed by atoms with Crippen LogP contribution in [0.25, 0.3) is 0 Å². The topological polar surface area (TPSA) is 78.5 Å². The van der Waals surface area contributed by atoms with Crippen LogP contribution in [0.3, 0.4) is 0 Å². The van der Waals surface area contributed by atoms with E-state index < -0.39 is 10.0 Å². The highest BCUT2D eigenvalue weighted by Crippen LogP contribution is 2.06. The number of carbonyl (C=O) groups excluding carboxylic acids is 1. The summed E-state index contributed by atoms with van der Waals surface area (Å²) in [7, 11) is -3.48. The lowest BCUT2D eigenvalue weighted by molar-refractivity contribution is -0.122. The lowest BCUT2D eigenvalue weighted by Gasteiger charge is -2.19. The van der Waals surface area contributed by atoms with Gasteiger partial charge in [0.05, 0.1) is 11.4 Å². The first-order chi connectivity index (χ1) is 9.99. The fourth-order valence-corrected chi connectivity index (χ4v) is 2.87. The van der Waals surface area contributed by atoms with E-state index in [1.54, 1.807) is 30.3 Å². The summed E-state index contributed by atoms with van der Waals surface area (Å²) in [4.78, 5) is 13.6. The zero-order valence-electron chi connectivity index (χ0n) is 12.5. The van der Waals surface area contributed by atoms with Gasteiger partial charge in [0.15, 0.2) is 0 Å². The second kappa shape index (κ2) is 8.76. The van der Waals surface area contributed by atoms with E-state index >= 15 is 0 Å². The van der Waals surface area contributed by atoms with Gasteiger partial charge in [-0.2, -0.15) is 0 Å². The van der Waals surface area contributed by atoms with Gasteiger partial charge in [0, 0.05) is 19.6 Å². The van der Waals surface area contributed by atoms with Crippen molar-refractivity contribution in [3.63, 3.8) is 0 Å². The van der Waals surface area contributed by atoms with Crippen LogP contribution in [0.1, 0.15) is 13.8 Å². The minimum atomic E-state index is -3.48. The van der Waals surface area contributed by atoms with Gasteiger partial charge in [-0.1, -0.05) is 25.1 Å². The molecule has 0 aromatic heterocycles. The number of hydrogen-bond donors (Lipinski definition) is 2. The fraction of sp³-hybridized carbons (Fsp3) is 0.500. The Kier molecular flexibility index (Phi) is 7.35. The Balaban J connectivity index is 2.46. The Labute approximate surface area is 126 Å². The second-order valence-corrected chi connectivity index (χ2v) is 6.30. The van der Waals surface area contributed by atoms with Crippen molar-refractivity contribution in [1.82, 2.24) is 14.9 Å². The lowest BCUT2D eigenvalue weighted by Crippen LogP contribution is -2.41. The van der Waals surface area contributed by atoms with E-state index in [0.717, 1.165) is 0 Å². The van der Waals surface area contributed by atoms with Crippen molar-refractivity contribution in [1.29, 1.82) is 0 Å². The molecule has 0 unspecified atom stereocenters. The molecular weight excluding hydrogens is 290 g/mol. The van der Waals surface area contributed by atoms with Gasteiger partial charge in [-0.05, 0) is 25.6 Å². The number of likely N-dealkylation sites (N-methyl/N-ethyl adjacent to an activating group) is 2. The standard InChI is InChI=1S/C14H23N3O3S/c1-3-15-14(18)12-17(4-2)11-10-16-21(19,20)13-8-6-5-7-9-13/h5-9,16H,3-4,10-12H2,1-2H3,(H,15,18). The fourth-order valence-electron chi connectivity index (χ4n) is 1.83. The normalized spacial score (nSPS) is 11.6. The maximum atomic E-state index is 12.0. The Morgan fingerprint density at radius 1 is 1.19 bits per heavy atom. The number of amides is 1. The highest BCUT2D eigenvalue weighted by molar-refractivity contribution is 7.89. The van der Waals surface area contributed by atoms with Gasteiger partial charge in [-0.25, -0.2) is 13.1 Å². The molecule has 0 aliphatic heterocycles. The van der Waals surface area contributed by atoms with E-state index in [-0.39, 0.29) is 23.9 Å². The molecule has 0 saturated carbocycles. The van der Waals surface area contributed by atoms with E-state index in [9.17, 15) is 13.2 Å². The molecule has 0 aliphatic carbocycles. The highest BCUT2D eigenvalue weighted by atomic mass is 32.2. The van der Waals surface area contributed by atoms with E-state index in [1.807, 2.05) is 18.7 Å². The monoisotopic (exact) mass is 313 g/mol. The van der Waals surface area contributed by atoms with Crippen molar-refractivity contribution in [2.75, 3.05) is 32.7 Å². The Bertz CT molecular complexity index is 532. The van der Waals surface area contributed by atoms with Crippen LogP contribution in [0.5, 0.6) is 0 Å². The first-order valence-electron chi connectivity index (χ1n) is 7.03. The third-order valence-electron chi connectivity index (χ3n) is 2.96. The predicted octanol–water partition coefficient (Wildman–Crippen LogP) is 0.423. The van der Waals surface area contributed by atoms with Crippen molar-refractivity contribution in [2.45, 2.75) is 18.7 Å². The summed E-state index contributed by atoms with van der Waals surface area (Å²) < 4.78 is 26.6. The largest absolute Gasteiger partial charge is 0.355 e. The molecule has 1 amide bonds. The molecule has 2 N–H and O–H groups in total. The number of hydrogen-bond acceptors (Lipinski definition) is 4. The molecule has 1 aromatic rings. The quantitative estimate of drug-likeness (QED) is 0.693. The van der Waals surface area contributed by atoms with Crippen LogP contribution in [0.4, 0.5) is 0 Å². The summed E-state index contributed by atoms with van der Waals surface area (Å²) in [6.45, 7) is 6.11. The van der Waals surface area contributed by atoms with Crippen LogP contribution in [0.15, 0.2) is 35.2 Å². The van der Waals surface area contributed by atoms with E-state index in [1.165, 1.54) is 0 Å². The van der Waals surface area contributed by atoms with Gasteiger partial charge in [0.1, 0.15) is 0 Å². The highest BCUT2D eigenvalue weighted by Gasteiger charge is 2.14. The summed E-state index contributed by atoms with van der Waals surface area (Å²) in [6, 6.07) is 8.23. The van der Waals surface area contributed by atoms with E-state index in [0.29, 0.717) is 19.6 Å². The van der Waals surface area contributed by atoms with Crippen LogP contribution in [-0.4, -0.2) is 51.9 Å². The van der Waals surface area contributed by atoms with E-state index in [4.69, 9.17) is 0 Å². The minimum absolute atomic E-state index is 0.0507. The van der Waals surface area contributed by atoms with Crippen molar-refractivity contribution >= 4 is 15.9 Å². The van der Waals surface area contributed by atoms with Crippen LogP contribution in [0, 0.1) is 0 Å². The van der Waals surface area contributed by atoms with Gasteiger partial charge in [0.2, 0.25) is 15.9 Å². The van der Waals surface area contributed by atoms with E-state index in [2.05, 4.69) is 10.0 Å². The molecule has 0 saturated heterocycles. The number of benzene rings is 1. The average molecular weight is 313 g/mol. The molecule has 0 fully saturated rings. The van der Waals surface area contributed by atoms with Crippen molar-refractivity contribution < 1.29 is 13.2 Å². The first kappa shape index (κ1) is 17.6. The maximum absolute atomic E-state index is 12.0. The van der Waals surface area contributed by atoms with Crippen molar-refractivity contribution in [3.8, 4) is 0 Å².